The van der Waals surface area contributed by atoms with Gasteiger partial charge in [0, 0.05) is 38.4 Å². The molecule has 0 saturated carbocycles. The largest absolute Gasteiger partial charge is 0.373 e. The first-order chi connectivity index (χ1) is 11.6. The van der Waals surface area contributed by atoms with E-state index in [0.29, 0.717) is 25.0 Å². The van der Waals surface area contributed by atoms with Crippen LogP contribution in [0.4, 0.5) is 6.01 Å². The van der Waals surface area contributed by atoms with Crippen LogP contribution >= 0.6 is 0 Å². The third kappa shape index (κ3) is 3.44. The minimum Gasteiger partial charge on any atom is -0.373 e. The highest BCUT2D eigenvalue weighted by molar-refractivity contribution is 5.20. The fraction of sp³-hybridized carbons (Fsp3) is 0.688. The number of ether oxygens (including phenoxy) is 1. The van der Waals surface area contributed by atoms with E-state index < -0.39 is 0 Å². The maximum atomic E-state index is 6.03. The number of morpholine rings is 1. The Morgan fingerprint density at radius 3 is 2.88 bits per heavy atom. The highest BCUT2D eigenvalue weighted by atomic mass is 16.5. The monoisotopic (exact) mass is 334 g/mol. The van der Waals surface area contributed by atoms with Gasteiger partial charge in [-0.1, -0.05) is 25.9 Å². The molecule has 1 aliphatic rings. The fourth-order valence-electron chi connectivity index (χ4n) is 3.03. The van der Waals surface area contributed by atoms with Crippen LogP contribution in [-0.2, 0) is 11.8 Å². The molecule has 0 aliphatic carbocycles. The lowest BCUT2D eigenvalue weighted by Gasteiger charge is -2.40. The molecule has 0 amide bonds. The number of hydrogen-bond acceptors (Lipinski definition) is 7. The summed E-state index contributed by atoms with van der Waals surface area (Å²) in [7, 11) is 2.02. The van der Waals surface area contributed by atoms with Crippen molar-refractivity contribution >= 4 is 6.01 Å². The van der Waals surface area contributed by atoms with E-state index in [0.717, 1.165) is 18.9 Å². The van der Waals surface area contributed by atoms with Gasteiger partial charge < -0.3 is 19.1 Å². The first-order valence-electron chi connectivity index (χ1n) is 8.50. The third-order valence-corrected chi connectivity index (χ3v) is 4.40. The minimum atomic E-state index is -0.0331. The standard InChI is InChI=1S/C16H26N6O2/c1-5-22-8-9-23-12(13(22)15-17-6-7-21(15)4)10-18-16-19-14(11(2)3)20-24-16/h6-7,11-13H,5,8-10H2,1-4H3,(H,18,19,20)/t12-,13+/m0/s1. The molecule has 3 rings (SSSR count). The van der Waals surface area contributed by atoms with Crippen molar-refractivity contribution in [3.8, 4) is 0 Å². The van der Waals surface area contributed by atoms with Crippen LogP contribution < -0.4 is 5.32 Å². The maximum Gasteiger partial charge on any atom is 0.321 e. The van der Waals surface area contributed by atoms with Crippen molar-refractivity contribution in [3.63, 3.8) is 0 Å². The number of likely N-dealkylation sites (N-methyl/N-ethyl adjacent to an activating group) is 1. The lowest BCUT2D eigenvalue weighted by atomic mass is 10.1. The molecule has 1 aliphatic heterocycles. The minimum absolute atomic E-state index is 0.0331. The number of rotatable bonds is 6. The third-order valence-electron chi connectivity index (χ3n) is 4.40. The molecule has 24 heavy (non-hydrogen) atoms. The number of hydrogen-bond donors (Lipinski definition) is 1. The Bertz CT molecular complexity index is 653. The van der Waals surface area contributed by atoms with Crippen LogP contribution in [0.25, 0.3) is 0 Å². The van der Waals surface area contributed by atoms with Crippen LogP contribution in [0.2, 0.25) is 0 Å². The van der Waals surface area contributed by atoms with Crippen molar-refractivity contribution in [2.45, 2.75) is 38.8 Å². The topological polar surface area (TPSA) is 81.2 Å². The van der Waals surface area contributed by atoms with Crippen molar-refractivity contribution in [1.29, 1.82) is 0 Å². The van der Waals surface area contributed by atoms with Gasteiger partial charge in [0.15, 0.2) is 5.82 Å². The normalized spacial score (nSPS) is 22.2. The van der Waals surface area contributed by atoms with E-state index in [1.165, 1.54) is 0 Å². The van der Waals surface area contributed by atoms with Gasteiger partial charge in [-0.3, -0.25) is 4.90 Å². The zero-order chi connectivity index (χ0) is 17.1. The SMILES string of the molecule is CCN1CCO[C@@H](CNc2nc(C(C)C)no2)[C@@H]1c1nccn1C. The number of imidazole rings is 1. The van der Waals surface area contributed by atoms with Crippen molar-refractivity contribution in [2.24, 2.45) is 7.05 Å². The highest BCUT2D eigenvalue weighted by Crippen LogP contribution is 2.28. The van der Waals surface area contributed by atoms with Gasteiger partial charge in [-0.05, 0) is 6.54 Å². The van der Waals surface area contributed by atoms with Crippen LogP contribution in [0.3, 0.4) is 0 Å². The Morgan fingerprint density at radius 1 is 1.42 bits per heavy atom. The summed E-state index contributed by atoms with van der Waals surface area (Å²) in [6.07, 6.45) is 3.76. The van der Waals surface area contributed by atoms with E-state index in [2.05, 4.69) is 36.8 Å². The highest BCUT2D eigenvalue weighted by Gasteiger charge is 2.35. The quantitative estimate of drug-likeness (QED) is 0.862. The Kier molecular flexibility index (Phi) is 5.15. The van der Waals surface area contributed by atoms with Crippen molar-refractivity contribution in [3.05, 3.63) is 24.0 Å². The smallest absolute Gasteiger partial charge is 0.321 e. The number of nitrogens with one attached hydrogen (secondary N) is 1. The molecule has 3 heterocycles. The van der Waals surface area contributed by atoms with Gasteiger partial charge in [-0.15, -0.1) is 0 Å². The van der Waals surface area contributed by atoms with E-state index in [4.69, 9.17) is 9.26 Å². The molecule has 0 unspecified atom stereocenters. The average Bonchev–Trinajstić information content (AvgIpc) is 3.21. The number of aryl methyl sites for hydroxylation is 1. The average molecular weight is 334 g/mol. The van der Waals surface area contributed by atoms with Crippen LogP contribution in [0.5, 0.6) is 0 Å². The summed E-state index contributed by atoms with van der Waals surface area (Å²) >= 11 is 0. The molecular formula is C16H26N6O2. The molecule has 0 bridgehead atoms. The second-order valence-electron chi connectivity index (χ2n) is 6.37. The fourth-order valence-corrected chi connectivity index (χ4v) is 3.03. The molecular weight excluding hydrogens is 308 g/mol. The zero-order valence-electron chi connectivity index (χ0n) is 14.8. The molecule has 8 nitrogen and oxygen atoms in total. The van der Waals surface area contributed by atoms with E-state index in [-0.39, 0.29) is 18.1 Å². The van der Waals surface area contributed by atoms with Gasteiger partial charge in [0.25, 0.3) is 0 Å². The second kappa shape index (κ2) is 7.31. The number of nitrogens with zero attached hydrogens (tertiary/aromatic N) is 5. The summed E-state index contributed by atoms with van der Waals surface area (Å²) < 4.78 is 13.3. The van der Waals surface area contributed by atoms with E-state index >= 15 is 0 Å². The zero-order valence-corrected chi connectivity index (χ0v) is 14.8. The molecule has 1 saturated heterocycles. The van der Waals surface area contributed by atoms with Gasteiger partial charge >= 0.3 is 6.01 Å². The lowest BCUT2D eigenvalue weighted by molar-refractivity contribution is -0.0677. The molecule has 1 fully saturated rings. The molecule has 1 N–H and O–H groups in total. The number of aromatic nitrogens is 4. The van der Waals surface area contributed by atoms with Gasteiger partial charge in [0.05, 0.1) is 18.8 Å². The Balaban J connectivity index is 1.72. The first-order valence-corrected chi connectivity index (χ1v) is 8.50. The molecule has 8 heteroatoms. The summed E-state index contributed by atoms with van der Waals surface area (Å²) in [6.45, 7) is 9.40. The molecule has 2 aromatic rings. The molecule has 0 radical (unpaired) electrons. The first kappa shape index (κ1) is 16.9. The molecule has 132 valence electrons. The van der Waals surface area contributed by atoms with Crippen molar-refractivity contribution in [2.75, 3.05) is 31.6 Å². The van der Waals surface area contributed by atoms with Crippen molar-refractivity contribution < 1.29 is 9.26 Å². The van der Waals surface area contributed by atoms with Gasteiger partial charge in [0.1, 0.15) is 5.82 Å². The van der Waals surface area contributed by atoms with Crippen LogP contribution in [0.1, 0.15) is 44.4 Å². The summed E-state index contributed by atoms with van der Waals surface area (Å²) in [6, 6.07) is 0.540. The Labute approximate surface area is 142 Å². The number of anilines is 1. The van der Waals surface area contributed by atoms with E-state index in [1.54, 1.807) is 0 Å². The predicted molar refractivity (Wildman–Crippen MR) is 89.8 cm³/mol. The second-order valence-corrected chi connectivity index (χ2v) is 6.37. The Morgan fingerprint density at radius 2 is 2.25 bits per heavy atom. The Hall–Kier alpha value is -1.93. The van der Waals surface area contributed by atoms with Gasteiger partial charge in [0.2, 0.25) is 0 Å². The summed E-state index contributed by atoms with van der Waals surface area (Å²) in [4.78, 5) is 11.3. The van der Waals surface area contributed by atoms with E-state index in [9.17, 15) is 0 Å². The van der Waals surface area contributed by atoms with Crippen LogP contribution in [0, 0.1) is 0 Å². The van der Waals surface area contributed by atoms with Crippen molar-refractivity contribution in [1.82, 2.24) is 24.6 Å². The van der Waals surface area contributed by atoms with Crippen LogP contribution in [0.15, 0.2) is 16.9 Å². The van der Waals surface area contributed by atoms with E-state index in [1.807, 2.05) is 33.3 Å². The van der Waals surface area contributed by atoms with Crippen LogP contribution in [-0.4, -0.2) is 56.9 Å². The van der Waals surface area contributed by atoms with Gasteiger partial charge in [-0.2, -0.15) is 4.98 Å². The maximum absolute atomic E-state index is 6.03. The summed E-state index contributed by atoms with van der Waals surface area (Å²) in [5.74, 6) is 1.96. The summed E-state index contributed by atoms with van der Waals surface area (Å²) in [5.41, 5.74) is 0. The van der Waals surface area contributed by atoms with Gasteiger partial charge in [-0.25, -0.2) is 4.98 Å². The predicted octanol–water partition coefficient (Wildman–Crippen LogP) is 1.80. The molecule has 2 aromatic heterocycles. The lowest BCUT2D eigenvalue weighted by Crippen LogP contribution is -2.48. The molecule has 0 aromatic carbocycles. The molecule has 0 spiro atoms. The summed E-state index contributed by atoms with van der Waals surface area (Å²) in [5, 5.41) is 7.19. The molecule has 2 atom stereocenters.